The maximum Gasteiger partial charge on any atom is 0.241 e. The average molecular weight is 250 g/mol. The van der Waals surface area contributed by atoms with Gasteiger partial charge in [-0.25, -0.2) is 0 Å². The molecular weight excluding hydrogens is 232 g/mol. The molecule has 5 heteroatoms. The highest BCUT2D eigenvalue weighted by Crippen LogP contribution is 2.28. The normalized spacial score (nSPS) is 22.8. The predicted molar refractivity (Wildman–Crippen MR) is 68.9 cm³/mol. The molecule has 1 aromatic carbocycles. The molecule has 5 nitrogen and oxygen atoms in total. The molecule has 1 aromatic rings. The molecule has 0 saturated carbocycles. The predicted octanol–water partition coefficient (Wildman–Crippen LogP) is 1.34. The topological polar surface area (TPSA) is 70.6 Å². The van der Waals surface area contributed by atoms with Crippen molar-refractivity contribution in [3.8, 4) is 11.5 Å². The number of carbonyl (C=O) groups excluding carboxylic acids is 1. The number of methoxy groups -OCH3 is 1. The summed E-state index contributed by atoms with van der Waals surface area (Å²) < 4.78 is 5.06. The van der Waals surface area contributed by atoms with Gasteiger partial charge in [0, 0.05) is 6.07 Å². The van der Waals surface area contributed by atoms with E-state index in [-0.39, 0.29) is 17.7 Å². The number of hydrogen-bond acceptors (Lipinski definition) is 4. The molecule has 98 valence electrons. The standard InChI is InChI=1S/C13H18N2O3/c1-8-5-6-14-12(8)13(17)15-10-7-9(18-2)3-4-11(10)16/h3-4,7-8,12,14,16H,5-6H2,1-2H3,(H,15,17). The third-order valence-electron chi connectivity index (χ3n) is 3.28. The van der Waals surface area contributed by atoms with Crippen LogP contribution in [0.1, 0.15) is 13.3 Å². The molecule has 0 spiro atoms. The summed E-state index contributed by atoms with van der Waals surface area (Å²) in [6.07, 6.45) is 0.988. The SMILES string of the molecule is COc1ccc(O)c(NC(=O)C2NCCC2C)c1. The molecule has 1 saturated heterocycles. The molecule has 3 N–H and O–H groups in total. The van der Waals surface area contributed by atoms with E-state index in [0.29, 0.717) is 17.4 Å². The van der Waals surface area contributed by atoms with Crippen molar-refractivity contribution >= 4 is 11.6 Å². The first-order chi connectivity index (χ1) is 8.61. The van der Waals surface area contributed by atoms with Crippen molar-refractivity contribution in [1.82, 2.24) is 5.32 Å². The van der Waals surface area contributed by atoms with Crippen molar-refractivity contribution in [1.29, 1.82) is 0 Å². The lowest BCUT2D eigenvalue weighted by Gasteiger charge is -2.16. The van der Waals surface area contributed by atoms with Crippen LogP contribution in [0.2, 0.25) is 0 Å². The Bertz CT molecular complexity index is 448. The van der Waals surface area contributed by atoms with Gasteiger partial charge in [-0.2, -0.15) is 0 Å². The minimum Gasteiger partial charge on any atom is -0.506 e. The second-order valence-corrected chi connectivity index (χ2v) is 4.57. The van der Waals surface area contributed by atoms with Crippen LogP contribution in [0.5, 0.6) is 11.5 Å². The van der Waals surface area contributed by atoms with E-state index >= 15 is 0 Å². The molecule has 18 heavy (non-hydrogen) atoms. The number of carbonyl (C=O) groups is 1. The van der Waals surface area contributed by atoms with Crippen LogP contribution < -0.4 is 15.4 Å². The number of anilines is 1. The molecule has 1 aliphatic rings. The summed E-state index contributed by atoms with van der Waals surface area (Å²) in [7, 11) is 1.54. The van der Waals surface area contributed by atoms with Gasteiger partial charge in [-0.15, -0.1) is 0 Å². The van der Waals surface area contributed by atoms with Crippen LogP contribution >= 0.6 is 0 Å². The van der Waals surface area contributed by atoms with Crippen LogP contribution in [0, 0.1) is 5.92 Å². The van der Waals surface area contributed by atoms with E-state index in [0.717, 1.165) is 13.0 Å². The van der Waals surface area contributed by atoms with Crippen molar-refractivity contribution in [3.63, 3.8) is 0 Å². The largest absolute Gasteiger partial charge is 0.506 e. The maximum absolute atomic E-state index is 12.1. The van der Waals surface area contributed by atoms with Crippen LogP contribution in [0.4, 0.5) is 5.69 Å². The smallest absolute Gasteiger partial charge is 0.241 e. The van der Waals surface area contributed by atoms with Crippen molar-refractivity contribution in [2.75, 3.05) is 19.0 Å². The number of hydrogen-bond donors (Lipinski definition) is 3. The Labute approximate surface area is 106 Å². The third-order valence-corrected chi connectivity index (χ3v) is 3.28. The van der Waals surface area contributed by atoms with Crippen LogP contribution in [0.3, 0.4) is 0 Å². The molecular formula is C13H18N2O3. The second kappa shape index (κ2) is 5.27. The van der Waals surface area contributed by atoms with Crippen molar-refractivity contribution in [2.45, 2.75) is 19.4 Å². The van der Waals surface area contributed by atoms with E-state index in [9.17, 15) is 9.90 Å². The van der Waals surface area contributed by atoms with E-state index in [1.165, 1.54) is 6.07 Å². The summed E-state index contributed by atoms with van der Waals surface area (Å²) in [5.41, 5.74) is 0.375. The number of rotatable bonds is 3. The lowest BCUT2D eigenvalue weighted by molar-refractivity contribution is -0.118. The van der Waals surface area contributed by atoms with Crippen molar-refractivity contribution in [3.05, 3.63) is 18.2 Å². The Hall–Kier alpha value is -1.75. The number of nitrogens with one attached hydrogen (secondary N) is 2. The fraction of sp³-hybridized carbons (Fsp3) is 0.462. The number of phenolic OH excluding ortho intramolecular Hbond substituents is 1. The number of phenols is 1. The molecule has 0 radical (unpaired) electrons. The van der Waals surface area contributed by atoms with Gasteiger partial charge in [-0.1, -0.05) is 6.92 Å². The van der Waals surface area contributed by atoms with E-state index in [4.69, 9.17) is 4.74 Å². The highest BCUT2D eigenvalue weighted by molar-refractivity contribution is 5.96. The van der Waals surface area contributed by atoms with Gasteiger partial charge in [0.1, 0.15) is 11.5 Å². The molecule has 0 aromatic heterocycles. The molecule has 1 heterocycles. The fourth-order valence-electron chi connectivity index (χ4n) is 2.14. The van der Waals surface area contributed by atoms with Crippen LogP contribution in [-0.4, -0.2) is 30.7 Å². The van der Waals surface area contributed by atoms with Gasteiger partial charge in [0.2, 0.25) is 5.91 Å². The lowest BCUT2D eigenvalue weighted by atomic mass is 10.0. The van der Waals surface area contributed by atoms with E-state index in [2.05, 4.69) is 10.6 Å². The summed E-state index contributed by atoms with van der Waals surface area (Å²) in [5, 5.41) is 15.6. The summed E-state index contributed by atoms with van der Waals surface area (Å²) >= 11 is 0. The van der Waals surface area contributed by atoms with Crippen LogP contribution in [-0.2, 0) is 4.79 Å². The molecule has 2 unspecified atom stereocenters. The monoisotopic (exact) mass is 250 g/mol. The van der Waals surface area contributed by atoms with Crippen LogP contribution in [0.25, 0.3) is 0 Å². The second-order valence-electron chi connectivity index (χ2n) is 4.57. The van der Waals surface area contributed by atoms with Crippen LogP contribution in [0.15, 0.2) is 18.2 Å². The average Bonchev–Trinajstić information content (AvgIpc) is 2.78. The van der Waals surface area contributed by atoms with Gasteiger partial charge in [0.05, 0.1) is 18.8 Å². The van der Waals surface area contributed by atoms with Gasteiger partial charge in [-0.3, -0.25) is 4.79 Å². The van der Waals surface area contributed by atoms with Gasteiger partial charge in [-0.05, 0) is 31.0 Å². The Morgan fingerprint density at radius 3 is 2.94 bits per heavy atom. The molecule has 2 rings (SSSR count). The number of aromatic hydroxyl groups is 1. The molecule has 1 fully saturated rings. The summed E-state index contributed by atoms with van der Waals surface area (Å²) in [4.78, 5) is 12.1. The Balaban J connectivity index is 2.11. The van der Waals surface area contributed by atoms with Crippen molar-refractivity contribution in [2.24, 2.45) is 5.92 Å². The molecule has 0 bridgehead atoms. The Morgan fingerprint density at radius 2 is 2.33 bits per heavy atom. The third kappa shape index (κ3) is 2.56. The van der Waals surface area contributed by atoms with Gasteiger partial charge in [0.25, 0.3) is 0 Å². The summed E-state index contributed by atoms with van der Waals surface area (Å²) in [6, 6.07) is 4.55. The number of ether oxygens (including phenoxy) is 1. The quantitative estimate of drug-likeness (QED) is 0.708. The molecule has 0 aliphatic carbocycles. The van der Waals surface area contributed by atoms with Gasteiger partial charge >= 0.3 is 0 Å². The first-order valence-electron chi connectivity index (χ1n) is 6.03. The first-order valence-corrected chi connectivity index (χ1v) is 6.03. The summed E-state index contributed by atoms with van der Waals surface area (Å²) in [5.74, 6) is 0.812. The van der Waals surface area contributed by atoms with E-state index in [1.807, 2.05) is 6.92 Å². The number of benzene rings is 1. The highest BCUT2D eigenvalue weighted by Gasteiger charge is 2.29. The lowest BCUT2D eigenvalue weighted by Crippen LogP contribution is -2.39. The molecule has 2 atom stereocenters. The molecule has 1 amide bonds. The maximum atomic E-state index is 12.1. The van der Waals surface area contributed by atoms with E-state index in [1.54, 1.807) is 19.2 Å². The highest BCUT2D eigenvalue weighted by atomic mass is 16.5. The fourth-order valence-corrected chi connectivity index (χ4v) is 2.14. The van der Waals surface area contributed by atoms with E-state index < -0.39 is 0 Å². The number of amides is 1. The first kappa shape index (κ1) is 12.7. The summed E-state index contributed by atoms with van der Waals surface area (Å²) in [6.45, 7) is 2.89. The van der Waals surface area contributed by atoms with Crippen molar-refractivity contribution < 1.29 is 14.6 Å². The minimum atomic E-state index is -0.199. The zero-order chi connectivity index (χ0) is 13.1. The minimum absolute atomic E-state index is 0.0369. The van der Waals surface area contributed by atoms with Gasteiger partial charge in [0.15, 0.2) is 0 Å². The Morgan fingerprint density at radius 1 is 1.56 bits per heavy atom. The Kier molecular flexibility index (Phi) is 3.72. The zero-order valence-corrected chi connectivity index (χ0v) is 10.6. The zero-order valence-electron chi connectivity index (χ0n) is 10.6. The van der Waals surface area contributed by atoms with Gasteiger partial charge < -0.3 is 20.5 Å². The molecule has 1 aliphatic heterocycles.